The normalized spacial score (nSPS) is 21.0. The lowest BCUT2D eigenvalue weighted by Crippen LogP contribution is -2.44. The number of aliphatic hydroxyl groups is 1. The molecule has 1 aromatic heterocycles. The molecule has 3 rings (SSSR count). The highest BCUT2D eigenvalue weighted by Crippen LogP contribution is 2.28. The van der Waals surface area contributed by atoms with E-state index in [1.54, 1.807) is 0 Å². The Hall–Kier alpha value is -1.05. The maximum absolute atomic E-state index is 10.0. The van der Waals surface area contributed by atoms with Crippen LogP contribution in [-0.2, 0) is 12.8 Å². The third kappa shape index (κ3) is 4.52. The van der Waals surface area contributed by atoms with Crippen molar-refractivity contribution in [3.05, 3.63) is 11.3 Å². The first-order valence-corrected chi connectivity index (χ1v) is 10.1. The minimum absolute atomic E-state index is 0.267. The summed E-state index contributed by atoms with van der Waals surface area (Å²) >= 11 is 1.95. The third-order valence-corrected chi connectivity index (χ3v) is 5.59. The molecule has 1 unspecified atom stereocenters. The molecule has 0 saturated carbocycles. The highest BCUT2D eigenvalue weighted by molar-refractivity contribution is 7.99. The molecule has 134 valence electrons. The lowest BCUT2D eigenvalue weighted by atomic mass is 9.94. The second-order valence-electron chi connectivity index (χ2n) is 6.78. The van der Waals surface area contributed by atoms with Crippen LogP contribution >= 0.6 is 11.8 Å². The van der Waals surface area contributed by atoms with Crippen molar-refractivity contribution >= 4 is 23.5 Å². The molecule has 3 N–H and O–H groups in total. The Morgan fingerprint density at radius 2 is 2.12 bits per heavy atom. The van der Waals surface area contributed by atoms with E-state index in [0.717, 1.165) is 74.3 Å². The summed E-state index contributed by atoms with van der Waals surface area (Å²) in [6.45, 7) is 9.18. The molecule has 2 aliphatic rings. The average Bonchev–Trinajstić information content (AvgIpc) is 2.59. The van der Waals surface area contributed by atoms with Crippen LogP contribution in [0.15, 0.2) is 0 Å². The minimum Gasteiger partial charge on any atom is -0.393 e. The summed E-state index contributed by atoms with van der Waals surface area (Å²) in [7, 11) is 0. The number of rotatable bonds is 6. The molecular weight excluding hydrogens is 322 g/mol. The molecule has 1 fully saturated rings. The topological polar surface area (TPSA) is 73.3 Å². The predicted octanol–water partition coefficient (Wildman–Crippen LogP) is 1.29. The van der Waals surface area contributed by atoms with E-state index >= 15 is 0 Å². The van der Waals surface area contributed by atoms with Crippen molar-refractivity contribution in [2.24, 2.45) is 0 Å². The summed E-state index contributed by atoms with van der Waals surface area (Å²) in [4.78, 5) is 11.9. The number of aryl methyl sites for hydroxylation is 1. The highest BCUT2D eigenvalue weighted by Gasteiger charge is 2.24. The number of thioether (sulfide) groups is 1. The molecule has 2 heterocycles. The number of nitrogens with zero attached hydrogens (tertiary/aromatic N) is 3. The average molecular weight is 352 g/mol. The maximum atomic E-state index is 10.0. The van der Waals surface area contributed by atoms with Gasteiger partial charge < -0.3 is 20.6 Å². The maximum Gasteiger partial charge on any atom is 0.227 e. The van der Waals surface area contributed by atoms with Crippen LogP contribution in [0.2, 0.25) is 0 Å². The molecule has 7 heteroatoms. The lowest BCUT2D eigenvalue weighted by Gasteiger charge is -2.30. The molecule has 24 heavy (non-hydrogen) atoms. The number of hydrogen-bond acceptors (Lipinski definition) is 7. The number of aromatic nitrogens is 2. The van der Waals surface area contributed by atoms with Gasteiger partial charge in [-0.15, -0.1) is 0 Å². The monoisotopic (exact) mass is 351 g/mol. The summed E-state index contributed by atoms with van der Waals surface area (Å²) in [6.07, 6.45) is 2.04. The smallest absolute Gasteiger partial charge is 0.227 e. The zero-order valence-corrected chi connectivity index (χ0v) is 15.5. The van der Waals surface area contributed by atoms with Crippen LogP contribution in [0.5, 0.6) is 0 Å². The molecule has 1 atom stereocenters. The number of piperazine rings is 1. The van der Waals surface area contributed by atoms with E-state index in [4.69, 9.17) is 9.97 Å². The molecule has 6 nitrogen and oxygen atoms in total. The Morgan fingerprint density at radius 3 is 2.88 bits per heavy atom. The second-order valence-corrected chi connectivity index (χ2v) is 8.46. The number of aliphatic hydroxyl groups excluding tert-OH is 1. The van der Waals surface area contributed by atoms with E-state index in [0.29, 0.717) is 11.7 Å². The molecule has 1 aliphatic carbocycles. The van der Waals surface area contributed by atoms with Gasteiger partial charge in [-0.3, -0.25) is 0 Å². The van der Waals surface area contributed by atoms with Crippen molar-refractivity contribution in [3.63, 3.8) is 0 Å². The van der Waals surface area contributed by atoms with Crippen LogP contribution in [0.4, 0.5) is 11.8 Å². The largest absolute Gasteiger partial charge is 0.393 e. The van der Waals surface area contributed by atoms with E-state index in [2.05, 4.69) is 29.4 Å². The summed E-state index contributed by atoms with van der Waals surface area (Å²) in [6, 6.07) is 0. The van der Waals surface area contributed by atoms with Crippen molar-refractivity contribution < 1.29 is 5.11 Å². The first kappa shape index (κ1) is 17.8. The SMILES string of the molecule is CC(C)SCCNc1nc(N2CCNCC2)nc2c1CC(O)CC2. The van der Waals surface area contributed by atoms with Crippen LogP contribution in [0.1, 0.15) is 31.5 Å². The van der Waals surface area contributed by atoms with E-state index in [9.17, 15) is 5.11 Å². The first-order valence-electron chi connectivity index (χ1n) is 9.02. The zero-order chi connectivity index (χ0) is 16.9. The van der Waals surface area contributed by atoms with Crippen LogP contribution in [0.25, 0.3) is 0 Å². The van der Waals surface area contributed by atoms with Crippen molar-refractivity contribution in [2.45, 2.75) is 44.5 Å². The zero-order valence-electron chi connectivity index (χ0n) is 14.7. The van der Waals surface area contributed by atoms with Crippen LogP contribution in [0.3, 0.4) is 0 Å². The van der Waals surface area contributed by atoms with E-state index in [1.807, 2.05) is 11.8 Å². The lowest BCUT2D eigenvalue weighted by molar-refractivity contribution is 0.158. The number of anilines is 2. The fourth-order valence-corrected chi connectivity index (χ4v) is 3.89. The molecule has 0 bridgehead atoms. The minimum atomic E-state index is -0.267. The van der Waals surface area contributed by atoms with Crippen LogP contribution in [-0.4, -0.2) is 64.9 Å². The van der Waals surface area contributed by atoms with Gasteiger partial charge in [0.2, 0.25) is 5.95 Å². The number of fused-ring (bicyclic) bond motifs is 1. The van der Waals surface area contributed by atoms with Gasteiger partial charge >= 0.3 is 0 Å². The van der Waals surface area contributed by atoms with Gasteiger partial charge in [-0.2, -0.15) is 16.7 Å². The van der Waals surface area contributed by atoms with Gasteiger partial charge in [0.1, 0.15) is 5.82 Å². The van der Waals surface area contributed by atoms with Crippen molar-refractivity contribution in [2.75, 3.05) is 48.7 Å². The summed E-state index contributed by atoms with van der Waals surface area (Å²) in [5.41, 5.74) is 2.23. The van der Waals surface area contributed by atoms with E-state index < -0.39 is 0 Å². The van der Waals surface area contributed by atoms with Gasteiger partial charge in [-0.25, -0.2) is 4.98 Å². The predicted molar refractivity (Wildman–Crippen MR) is 101 cm³/mol. The fraction of sp³-hybridized carbons (Fsp3) is 0.765. The van der Waals surface area contributed by atoms with Gasteiger partial charge in [0, 0.05) is 50.5 Å². The fourth-order valence-electron chi connectivity index (χ4n) is 3.20. The molecule has 1 aromatic rings. The summed E-state index contributed by atoms with van der Waals surface area (Å²) in [5, 5.41) is 17.6. The molecular formula is C17H29N5OS. The number of nitrogens with one attached hydrogen (secondary N) is 2. The van der Waals surface area contributed by atoms with Crippen LogP contribution in [0, 0.1) is 0 Å². The van der Waals surface area contributed by atoms with Crippen LogP contribution < -0.4 is 15.5 Å². The van der Waals surface area contributed by atoms with Gasteiger partial charge in [0.25, 0.3) is 0 Å². The summed E-state index contributed by atoms with van der Waals surface area (Å²) < 4.78 is 0. The molecule has 0 aromatic carbocycles. The van der Waals surface area contributed by atoms with E-state index in [1.165, 1.54) is 0 Å². The van der Waals surface area contributed by atoms with E-state index in [-0.39, 0.29) is 6.10 Å². The van der Waals surface area contributed by atoms with Gasteiger partial charge in [-0.1, -0.05) is 13.8 Å². The van der Waals surface area contributed by atoms with Gasteiger partial charge in [-0.05, 0) is 18.1 Å². The van der Waals surface area contributed by atoms with Gasteiger partial charge in [0.05, 0.1) is 11.8 Å². The Labute approximate surface area is 148 Å². The third-order valence-electron chi connectivity index (χ3n) is 4.48. The Morgan fingerprint density at radius 1 is 1.33 bits per heavy atom. The quantitative estimate of drug-likeness (QED) is 0.667. The molecule has 0 radical (unpaired) electrons. The standard InChI is InChI=1S/C17H29N5OS/c1-12(2)24-10-7-19-16-14-11-13(23)3-4-15(14)20-17(21-16)22-8-5-18-6-9-22/h12-13,18,23H,3-11H2,1-2H3,(H,19,20,21). The highest BCUT2D eigenvalue weighted by atomic mass is 32.2. The Balaban J connectivity index is 1.77. The molecule has 0 amide bonds. The molecule has 0 spiro atoms. The van der Waals surface area contributed by atoms with Gasteiger partial charge in [0.15, 0.2) is 0 Å². The first-order chi connectivity index (χ1) is 11.6. The van der Waals surface area contributed by atoms with Crippen molar-refractivity contribution in [1.82, 2.24) is 15.3 Å². The molecule has 1 saturated heterocycles. The molecule has 1 aliphatic heterocycles. The Bertz CT molecular complexity index is 548. The summed E-state index contributed by atoms with van der Waals surface area (Å²) in [5.74, 6) is 2.82. The Kier molecular flexibility index (Phi) is 6.19. The number of hydrogen-bond donors (Lipinski definition) is 3. The van der Waals surface area contributed by atoms with Crippen molar-refractivity contribution in [3.8, 4) is 0 Å². The van der Waals surface area contributed by atoms with Crippen molar-refractivity contribution in [1.29, 1.82) is 0 Å². The second kappa shape index (κ2) is 8.36.